The molecule has 0 spiro atoms. The van der Waals surface area contributed by atoms with Gasteiger partial charge < -0.3 is 0 Å². The second-order valence-corrected chi connectivity index (χ2v) is 5.53. The zero-order valence-corrected chi connectivity index (χ0v) is 10.4. The number of carbonyl (C=O) groups is 1. The first-order valence-corrected chi connectivity index (χ1v) is 6.69. The van der Waals surface area contributed by atoms with Gasteiger partial charge in [-0.3, -0.25) is 4.79 Å². The second kappa shape index (κ2) is 5.64. The molecule has 0 amide bonds. The van der Waals surface area contributed by atoms with Gasteiger partial charge >= 0.3 is 0 Å². The molecule has 0 aromatic carbocycles. The van der Waals surface area contributed by atoms with Gasteiger partial charge in [0.15, 0.2) is 6.29 Å². The first-order chi connectivity index (χ1) is 7.81. The van der Waals surface area contributed by atoms with Gasteiger partial charge in [0.2, 0.25) is 0 Å². The van der Waals surface area contributed by atoms with Crippen LogP contribution in [-0.4, -0.2) is 21.5 Å². The molecule has 1 heterocycles. The van der Waals surface area contributed by atoms with Crippen LogP contribution in [-0.2, 0) is 0 Å². The predicted molar refractivity (Wildman–Crippen MR) is 65.2 cm³/mol. The van der Waals surface area contributed by atoms with Crippen molar-refractivity contribution in [3.8, 4) is 0 Å². The molecule has 16 heavy (non-hydrogen) atoms. The highest BCUT2D eigenvalue weighted by Crippen LogP contribution is 2.34. The van der Waals surface area contributed by atoms with Crippen LogP contribution < -0.4 is 0 Å². The van der Waals surface area contributed by atoms with E-state index in [1.165, 1.54) is 38.4 Å². The summed E-state index contributed by atoms with van der Waals surface area (Å²) in [5.41, 5.74) is 0.430. The molecule has 0 N–H and O–H groups in total. The zero-order chi connectivity index (χ0) is 11.4. The summed E-state index contributed by atoms with van der Waals surface area (Å²) in [6.45, 7) is 0. The molecular weight excluding hydrogens is 244 g/mol. The van der Waals surface area contributed by atoms with Crippen molar-refractivity contribution in [2.75, 3.05) is 0 Å². The maximum absolute atomic E-state index is 10.9. The van der Waals surface area contributed by atoms with Crippen LogP contribution in [0.2, 0.25) is 5.15 Å². The number of hydrogen-bond acceptors (Lipinski definition) is 4. The first-order valence-electron chi connectivity index (χ1n) is 5.43. The minimum Gasteiger partial charge on any atom is -0.298 e. The Labute approximate surface area is 104 Å². The lowest BCUT2D eigenvalue weighted by molar-refractivity contribution is 0.112. The van der Waals surface area contributed by atoms with Crippen LogP contribution in [0, 0.1) is 0 Å². The fourth-order valence-electron chi connectivity index (χ4n) is 1.89. The standard InChI is InChI=1S/C11H13ClN2OS/c12-10-9(6-15)11(14-7-13-10)16-8-4-2-1-3-5-8/h6-8H,1-5H2. The predicted octanol–water partition coefficient (Wildman–Crippen LogP) is 3.37. The van der Waals surface area contributed by atoms with E-state index in [2.05, 4.69) is 9.97 Å². The smallest absolute Gasteiger partial charge is 0.155 e. The Morgan fingerprint density at radius 3 is 2.75 bits per heavy atom. The summed E-state index contributed by atoms with van der Waals surface area (Å²) in [5, 5.41) is 1.55. The molecule has 86 valence electrons. The minimum absolute atomic E-state index is 0.253. The number of aromatic nitrogens is 2. The van der Waals surface area contributed by atoms with Gasteiger partial charge in [-0.1, -0.05) is 30.9 Å². The van der Waals surface area contributed by atoms with E-state index in [1.54, 1.807) is 11.8 Å². The van der Waals surface area contributed by atoms with Gasteiger partial charge in [-0.25, -0.2) is 9.97 Å². The van der Waals surface area contributed by atoms with Crippen LogP contribution >= 0.6 is 23.4 Å². The molecule has 3 nitrogen and oxygen atoms in total. The van der Waals surface area contributed by atoms with Gasteiger partial charge in [0, 0.05) is 5.25 Å². The van der Waals surface area contributed by atoms with Crippen molar-refractivity contribution in [3.05, 3.63) is 17.0 Å². The highest BCUT2D eigenvalue weighted by atomic mass is 35.5. The topological polar surface area (TPSA) is 42.9 Å². The second-order valence-electron chi connectivity index (χ2n) is 3.88. The Kier molecular flexibility index (Phi) is 4.18. The van der Waals surface area contributed by atoms with E-state index in [-0.39, 0.29) is 5.15 Å². The molecule has 1 fully saturated rings. The Bertz CT molecular complexity index is 380. The summed E-state index contributed by atoms with van der Waals surface area (Å²) >= 11 is 7.51. The molecule has 0 atom stereocenters. The van der Waals surface area contributed by atoms with Crippen LogP contribution in [0.25, 0.3) is 0 Å². The lowest BCUT2D eigenvalue weighted by Gasteiger charge is -2.20. The summed E-state index contributed by atoms with van der Waals surface area (Å²) in [4.78, 5) is 18.9. The van der Waals surface area contributed by atoms with E-state index in [0.29, 0.717) is 10.8 Å². The van der Waals surface area contributed by atoms with Crippen molar-refractivity contribution >= 4 is 29.6 Å². The highest BCUT2D eigenvalue weighted by Gasteiger charge is 2.18. The lowest BCUT2D eigenvalue weighted by Crippen LogP contribution is -2.09. The number of hydrogen-bond donors (Lipinski definition) is 0. The fraction of sp³-hybridized carbons (Fsp3) is 0.545. The van der Waals surface area contributed by atoms with Crippen LogP contribution in [0.15, 0.2) is 11.4 Å². The van der Waals surface area contributed by atoms with E-state index in [4.69, 9.17) is 11.6 Å². The molecule has 0 bridgehead atoms. The molecule has 0 aliphatic heterocycles. The van der Waals surface area contributed by atoms with Crippen LogP contribution in [0.5, 0.6) is 0 Å². The summed E-state index contributed by atoms with van der Waals surface area (Å²) in [6.07, 6.45) is 8.42. The third-order valence-electron chi connectivity index (χ3n) is 2.75. The van der Waals surface area contributed by atoms with Crippen molar-refractivity contribution in [2.24, 2.45) is 0 Å². The zero-order valence-electron chi connectivity index (χ0n) is 8.86. The summed E-state index contributed by atoms with van der Waals surface area (Å²) in [5.74, 6) is 0. The molecule has 1 aromatic heterocycles. The molecule has 0 radical (unpaired) electrons. The average Bonchev–Trinajstić information content (AvgIpc) is 2.31. The average molecular weight is 257 g/mol. The van der Waals surface area contributed by atoms with Crippen molar-refractivity contribution in [1.29, 1.82) is 0 Å². The fourth-order valence-corrected chi connectivity index (χ4v) is 3.39. The van der Waals surface area contributed by atoms with Crippen LogP contribution in [0.1, 0.15) is 42.5 Å². The largest absolute Gasteiger partial charge is 0.298 e. The quantitative estimate of drug-likeness (QED) is 0.614. The van der Waals surface area contributed by atoms with Crippen molar-refractivity contribution in [3.63, 3.8) is 0 Å². The molecule has 0 saturated heterocycles. The number of halogens is 1. The molecule has 2 rings (SSSR count). The van der Waals surface area contributed by atoms with Gasteiger partial charge in [-0.05, 0) is 12.8 Å². The number of aldehydes is 1. The number of nitrogens with zero attached hydrogens (tertiary/aromatic N) is 2. The van der Waals surface area contributed by atoms with Gasteiger partial charge in [-0.15, -0.1) is 11.8 Å². The van der Waals surface area contributed by atoms with Crippen LogP contribution in [0.3, 0.4) is 0 Å². The normalized spacial score (nSPS) is 17.3. The third-order valence-corrected chi connectivity index (χ3v) is 4.40. The van der Waals surface area contributed by atoms with Crippen molar-refractivity contribution in [1.82, 2.24) is 9.97 Å². The van der Waals surface area contributed by atoms with Crippen LogP contribution in [0.4, 0.5) is 0 Å². The van der Waals surface area contributed by atoms with Gasteiger partial charge in [0.25, 0.3) is 0 Å². The Morgan fingerprint density at radius 1 is 1.31 bits per heavy atom. The van der Waals surface area contributed by atoms with E-state index < -0.39 is 0 Å². The van der Waals surface area contributed by atoms with E-state index in [0.717, 1.165) is 11.3 Å². The molecule has 1 aliphatic carbocycles. The number of rotatable bonds is 3. The first kappa shape index (κ1) is 11.9. The lowest BCUT2D eigenvalue weighted by atomic mass is 10.0. The SMILES string of the molecule is O=Cc1c(Cl)ncnc1SC1CCCCC1. The molecule has 5 heteroatoms. The minimum atomic E-state index is 0.253. The monoisotopic (exact) mass is 256 g/mol. The Hall–Kier alpha value is -0.610. The van der Waals surface area contributed by atoms with Crippen molar-refractivity contribution < 1.29 is 4.79 Å². The molecule has 1 aliphatic rings. The van der Waals surface area contributed by atoms with Gasteiger partial charge in [-0.2, -0.15) is 0 Å². The highest BCUT2D eigenvalue weighted by molar-refractivity contribution is 7.99. The van der Waals surface area contributed by atoms with E-state index >= 15 is 0 Å². The molecule has 1 saturated carbocycles. The summed E-state index contributed by atoms with van der Waals surface area (Å²) < 4.78 is 0. The molecule has 0 unspecified atom stereocenters. The summed E-state index contributed by atoms with van der Waals surface area (Å²) in [7, 11) is 0. The van der Waals surface area contributed by atoms with Gasteiger partial charge in [0.05, 0.1) is 5.56 Å². The Balaban J connectivity index is 2.13. The molecular formula is C11H13ClN2OS. The number of thioether (sulfide) groups is 1. The van der Waals surface area contributed by atoms with Gasteiger partial charge in [0.1, 0.15) is 16.5 Å². The Morgan fingerprint density at radius 2 is 2.06 bits per heavy atom. The maximum atomic E-state index is 10.9. The molecule has 1 aromatic rings. The van der Waals surface area contributed by atoms with E-state index in [1.807, 2.05) is 0 Å². The maximum Gasteiger partial charge on any atom is 0.155 e. The van der Waals surface area contributed by atoms with Crippen molar-refractivity contribution in [2.45, 2.75) is 42.4 Å². The number of carbonyl (C=O) groups excluding carboxylic acids is 1. The van der Waals surface area contributed by atoms with E-state index in [9.17, 15) is 4.79 Å². The third kappa shape index (κ3) is 2.74. The summed E-state index contributed by atoms with van der Waals surface area (Å²) in [6, 6.07) is 0.